The molecular formula is C19H17F2N3O3S2. The highest BCUT2D eigenvalue weighted by molar-refractivity contribution is 7.89. The van der Waals surface area contributed by atoms with E-state index in [1.165, 1.54) is 33.8 Å². The Hall–Kier alpha value is -2.43. The van der Waals surface area contributed by atoms with Crippen molar-refractivity contribution in [2.75, 3.05) is 18.4 Å². The minimum absolute atomic E-state index is 0.0262. The number of thiazole rings is 1. The van der Waals surface area contributed by atoms with Gasteiger partial charge in [-0.1, -0.05) is 17.4 Å². The van der Waals surface area contributed by atoms with Crippen LogP contribution < -0.4 is 5.32 Å². The van der Waals surface area contributed by atoms with E-state index in [-0.39, 0.29) is 35.3 Å². The van der Waals surface area contributed by atoms with Gasteiger partial charge in [-0.3, -0.25) is 4.79 Å². The molecule has 3 aromatic rings. The number of hydrogen-bond acceptors (Lipinski definition) is 5. The minimum Gasteiger partial charge on any atom is -0.302 e. The van der Waals surface area contributed by atoms with Crippen molar-refractivity contribution in [1.82, 2.24) is 9.29 Å². The number of halogens is 2. The van der Waals surface area contributed by atoms with Crippen LogP contribution in [-0.2, 0) is 14.8 Å². The summed E-state index contributed by atoms with van der Waals surface area (Å²) in [5, 5.41) is 3.03. The Bertz CT molecular complexity index is 1160. The maximum absolute atomic E-state index is 13.8. The SMILES string of the molecule is O=C(Nc1nc2c(F)cccc2s1)C1CCN(S(=O)(=O)c2ccc(F)cc2)CC1. The molecule has 0 atom stereocenters. The van der Waals surface area contributed by atoms with Gasteiger partial charge in [-0.05, 0) is 49.2 Å². The fraction of sp³-hybridized carbons (Fsp3) is 0.263. The highest BCUT2D eigenvalue weighted by atomic mass is 32.2. The summed E-state index contributed by atoms with van der Waals surface area (Å²) in [5.41, 5.74) is 0.216. The average Bonchev–Trinajstić information content (AvgIpc) is 3.12. The summed E-state index contributed by atoms with van der Waals surface area (Å²) in [5.74, 6) is -1.58. The molecule has 1 aromatic heterocycles. The lowest BCUT2D eigenvalue weighted by atomic mass is 9.97. The maximum atomic E-state index is 13.8. The first-order chi connectivity index (χ1) is 13.8. The molecule has 0 bridgehead atoms. The quantitative estimate of drug-likeness (QED) is 0.676. The largest absolute Gasteiger partial charge is 0.302 e. The number of carbonyl (C=O) groups excluding carboxylic acids is 1. The van der Waals surface area contributed by atoms with Crippen LogP contribution in [0.25, 0.3) is 10.2 Å². The molecule has 4 rings (SSSR count). The van der Waals surface area contributed by atoms with Crippen LogP contribution >= 0.6 is 11.3 Å². The zero-order valence-corrected chi connectivity index (χ0v) is 16.8. The molecule has 0 spiro atoms. The number of para-hydroxylation sites is 1. The number of nitrogens with one attached hydrogen (secondary N) is 1. The highest BCUT2D eigenvalue weighted by Gasteiger charge is 2.32. The number of hydrogen-bond donors (Lipinski definition) is 1. The number of sulfonamides is 1. The van der Waals surface area contributed by atoms with E-state index < -0.39 is 21.7 Å². The zero-order chi connectivity index (χ0) is 20.6. The van der Waals surface area contributed by atoms with Gasteiger partial charge in [-0.2, -0.15) is 4.31 Å². The van der Waals surface area contributed by atoms with Crippen molar-refractivity contribution >= 4 is 42.6 Å². The zero-order valence-electron chi connectivity index (χ0n) is 15.1. The summed E-state index contributed by atoms with van der Waals surface area (Å²) in [6.07, 6.45) is 0.705. The monoisotopic (exact) mass is 437 g/mol. The van der Waals surface area contributed by atoms with Crippen LogP contribution in [0, 0.1) is 17.6 Å². The Morgan fingerprint density at radius 1 is 1.10 bits per heavy atom. The van der Waals surface area contributed by atoms with Gasteiger partial charge in [0.15, 0.2) is 5.13 Å². The van der Waals surface area contributed by atoms with Gasteiger partial charge in [0.25, 0.3) is 0 Å². The smallest absolute Gasteiger partial charge is 0.243 e. The number of rotatable bonds is 4. The van der Waals surface area contributed by atoms with Crippen LogP contribution in [-0.4, -0.2) is 36.7 Å². The lowest BCUT2D eigenvalue weighted by molar-refractivity contribution is -0.120. The highest BCUT2D eigenvalue weighted by Crippen LogP contribution is 2.29. The number of aromatic nitrogens is 1. The Kier molecular flexibility index (Phi) is 5.32. The summed E-state index contributed by atoms with van der Waals surface area (Å²) in [7, 11) is -3.73. The molecular weight excluding hydrogens is 420 g/mol. The predicted octanol–water partition coefficient (Wildman–Crippen LogP) is 3.61. The molecule has 2 heterocycles. The Morgan fingerprint density at radius 3 is 2.45 bits per heavy atom. The number of fused-ring (bicyclic) bond motifs is 1. The molecule has 0 aliphatic carbocycles. The Balaban J connectivity index is 1.40. The molecule has 29 heavy (non-hydrogen) atoms. The van der Waals surface area contributed by atoms with Crippen molar-refractivity contribution in [3.63, 3.8) is 0 Å². The van der Waals surface area contributed by atoms with Gasteiger partial charge in [0.2, 0.25) is 15.9 Å². The number of anilines is 1. The average molecular weight is 437 g/mol. The van der Waals surface area contributed by atoms with Gasteiger partial charge in [0.05, 0.1) is 9.60 Å². The Labute approximate surface area is 170 Å². The second-order valence-corrected chi connectivity index (χ2v) is 9.70. The van der Waals surface area contributed by atoms with Crippen molar-refractivity contribution in [1.29, 1.82) is 0 Å². The molecule has 1 aliphatic heterocycles. The third-order valence-corrected chi connectivity index (χ3v) is 7.72. The van der Waals surface area contributed by atoms with Crippen molar-refractivity contribution in [3.8, 4) is 0 Å². The van der Waals surface area contributed by atoms with Crippen LogP contribution in [0.4, 0.5) is 13.9 Å². The lowest BCUT2D eigenvalue weighted by Gasteiger charge is -2.30. The van der Waals surface area contributed by atoms with E-state index in [1.54, 1.807) is 12.1 Å². The van der Waals surface area contributed by atoms with Gasteiger partial charge in [-0.25, -0.2) is 22.2 Å². The van der Waals surface area contributed by atoms with Crippen molar-refractivity contribution in [3.05, 3.63) is 54.1 Å². The van der Waals surface area contributed by atoms with E-state index in [2.05, 4.69) is 10.3 Å². The third kappa shape index (κ3) is 4.00. The second-order valence-electron chi connectivity index (χ2n) is 6.73. The molecule has 1 fully saturated rings. The first kappa shape index (κ1) is 19.9. The second kappa shape index (κ2) is 7.77. The van der Waals surface area contributed by atoms with E-state index in [1.807, 2.05) is 0 Å². The standard InChI is InChI=1S/C19H17F2N3O3S2/c20-13-4-6-14(7-5-13)29(26,27)24-10-8-12(9-11-24)18(25)23-19-22-17-15(21)2-1-3-16(17)28-19/h1-7,12H,8-11H2,(H,22,23,25). The summed E-state index contributed by atoms with van der Waals surface area (Å²) in [6, 6.07) is 9.29. The van der Waals surface area contributed by atoms with E-state index in [0.717, 1.165) is 12.1 Å². The predicted molar refractivity (Wildman–Crippen MR) is 106 cm³/mol. The van der Waals surface area contributed by atoms with Gasteiger partial charge >= 0.3 is 0 Å². The number of carbonyl (C=O) groups is 1. The molecule has 1 aliphatic rings. The number of piperidine rings is 1. The summed E-state index contributed by atoms with van der Waals surface area (Å²) >= 11 is 1.19. The number of nitrogens with zero attached hydrogens (tertiary/aromatic N) is 2. The Morgan fingerprint density at radius 2 is 1.79 bits per heavy atom. The molecule has 0 radical (unpaired) electrons. The van der Waals surface area contributed by atoms with Crippen LogP contribution in [0.1, 0.15) is 12.8 Å². The normalized spacial score (nSPS) is 16.2. The van der Waals surface area contributed by atoms with Gasteiger partial charge in [0, 0.05) is 19.0 Å². The third-order valence-electron chi connectivity index (χ3n) is 4.88. The van der Waals surface area contributed by atoms with Crippen molar-refractivity contribution < 1.29 is 22.0 Å². The van der Waals surface area contributed by atoms with Crippen LogP contribution in [0.2, 0.25) is 0 Å². The molecule has 152 valence electrons. The van der Waals surface area contributed by atoms with E-state index in [4.69, 9.17) is 0 Å². The molecule has 1 amide bonds. The summed E-state index contributed by atoms with van der Waals surface area (Å²) < 4.78 is 54.1. The van der Waals surface area contributed by atoms with E-state index in [0.29, 0.717) is 22.7 Å². The van der Waals surface area contributed by atoms with Crippen molar-refractivity contribution in [2.45, 2.75) is 17.7 Å². The van der Waals surface area contributed by atoms with Gasteiger partial charge in [0.1, 0.15) is 17.2 Å². The van der Waals surface area contributed by atoms with Crippen molar-refractivity contribution in [2.24, 2.45) is 5.92 Å². The number of amides is 1. The molecule has 6 nitrogen and oxygen atoms in total. The topological polar surface area (TPSA) is 79.4 Å². The van der Waals surface area contributed by atoms with E-state index >= 15 is 0 Å². The first-order valence-electron chi connectivity index (χ1n) is 8.96. The van der Waals surface area contributed by atoms with E-state index in [9.17, 15) is 22.0 Å². The molecule has 1 N–H and O–H groups in total. The molecule has 2 aromatic carbocycles. The summed E-state index contributed by atoms with van der Waals surface area (Å²) in [4.78, 5) is 16.7. The van der Waals surface area contributed by atoms with Gasteiger partial charge in [-0.15, -0.1) is 0 Å². The fourth-order valence-electron chi connectivity index (χ4n) is 3.29. The van der Waals surface area contributed by atoms with Gasteiger partial charge < -0.3 is 5.32 Å². The van der Waals surface area contributed by atoms with Crippen LogP contribution in [0.5, 0.6) is 0 Å². The summed E-state index contributed by atoms with van der Waals surface area (Å²) in [6.45, 7) is 0.374. The minimum atomic E-state index is -3.73. The maximum Gasteiger partial charge on any atom is 0.243 e. The van der Waals surface area contributed by atoms with Crippen LogP contribution in [0.3, 0.4) is 0 Å². The molecule has 1 saturated heterocycles. The number of benzene rings is 2. The lowest BCUT2D eigenvalue weighted by Crippen LogP contribution is -2.41. The molecule has 10 heteroatoms. The molecule has 0 saturated carbocycles. The van der Waals surface area contributed by atoms with Crippen LogP contribution in [0.15, 0.2) is 47.4 Å². The molecule has 0 unspecified atom stereocenters. The first-order valence-corrected chi connectivity index (χ1v) is 11.2. The fourth-order valence-corrected chi connectivity index (χ4v) is 5.64.